The molecule has 6 nitrogen and oxygen atoms in total. The van der Waals surface area contributed by atoms with Gasteiger partial charge in [-0.05, 0) is 13.8 Å². The van der Waals surface area contributed by atoms with Crippen molar-refractivity contribution < 1.29 is 19.1 Å². The largest absolute Gasteiger partial charge is 0.500 e. The quantitative estimate of drug-likeness (QED) is 0.425. The topological polar surface area (TPSA) is 70.4 Å². The summed E-state index contributed by atoms with van der Waals surface area (Å²) in [4.78, 5) is 22.4. The van der Waals surface area contributed by atoms with Gasteiger partial charge in [0.2, 0.25) is 0 Å². The second-order valence-electron chi connectivity index (χ2n) is 2.97. The minimum atomic E-state index is -0.564. The van der Waals surface area contributed by atoms with E-state index in [9.17, 15) is 9.59 Å². The number of aromatic nitrogens is 2. The zero-order valence-electron chi connectivity index (χ0n) is 9.75. The molecule has 0 aromatic carbocycles. The van der Waals surface area contributed by atoms with Crippen LogP contribution in [0, 0.1) is 0 Å². The van der Waals surface area contributed by atoms with E-state index in [1.807, 2.05) is 6.92 Å². The van der Waals surface area contributed by atoms with Gasteiger partial charge in [-0.3, -0.25) is 4.79 Å². The van der Waals surface area contributed by atoms with Gasteiger partial charge in [0.25, 0.3) is 0 Å². The van der Waals surface area contributed by atoms with Crippen molar-refractivity contribution in [2.45, 2.75) is 13.8 Å². The van der Waals surface area contributed by atoms with Crippen LogP contribution in [0.2, 0.25) is 0 Å². The van der Waals surface area contributed by atoms with Crippen LogP contribution in [0.1, 0.15) is 34.7 Å². The minimum absolute atomic E-state index is 0.138. The van der Waals surface area contributed by atoms with E-state index in [1.165, 1.54) is 23.3 Å². The molecule has 0 radical (unpaired) electrons. The van der Waals surface area contributed by atoms with E-state index in [1.54, 1.807) is 6.92 Å². The highest BCUT2D eigenvalue weighted by molar-refractivity contribution is 5.97. The maximum Gasteiger partial charge on any atom is 0.342 e. The molecule has 0 bridgehead atoms. The van der Waals surface area contributed by atoms with Gasteiger partial charge in [0.05, 0.1) is 25.6 Å². The van der Waals surface area contributed by atoms with Crippen molar-refractivity contribution in [1.29, 1.82) is 0 Å². The number of rotatable bonds is 6. The van der Waals surface area contributed by atoms with E-state index < -0.39 is 5.97 Å². The molecule has 0 aliphatic carbocycles. The molecule has 6 heteroatoms. The summed E-state index contributed by atoms with van der Waals surface area (Å²) in [5, 5.41) is 3.88. The Morgan fingerprint density at radius 1 is 1.47 bits per heavy atom. The summed E-state index contributed by atoms with van der Waals surface area (Å²) in [5.41, 5.74) is 0.280. The average Bonchev–Trinajstić information content (AvgIpc) is 2.73. The Hall–Kier alpha value is -2.11. The van der Waals surface area contributed by atoms with Gasteiger partial charge in [-0.2, -0.15) is 5.10 Å². The van der Waals surface area contributed by atoms with Gasteiger partial charge in [-0.25, -0.2) is 9.48 Å². The first-order valence-corrected chi connectivity index (χ1v) is 5.22. The fourth-order valence-electron chi connectivity index (χ4n) is 1.17. The molecule has 0 unspecified atom stereocenters. The van der Waals surface area contributed by atoms with Crippen molar-refractivity contribution in [3.8, 4) is 0 Å². The summed E-state index contributed by atoms with van der Waals surface area (Å²) in [6.45, 7) is 4.28. The molecule has 1 heterocycles. The van der Waals surface area contributed by atoms with Crippen molar-refractivity contribution in [1.82, 2.24) is 9.78 Å². The number of carbonyl (C=O) groups is 2. The van der Waals surface area contributed by atoms with Crippen LogP contribution in [0.3, 0.4) is 0 Å². The first-order chi connectivity index (χ1) is 8.24. The van der Waals surface area contributed by atoms with E-state index in [2.05, 4.69) is 5.10 Å². The van der Waals surface area contributed by atoms with Gasteiger partial charge in [-0.1, -0.05) is 0 Å². The fourth-order valence-corrected chi connectivity index (χ4v) is 1.17. The van der Waals surface area contributed by atoms with Gasteiger partial charge in [0.1, 0.15) is 17.5 Å². The standard InChI is InChI=1S/C11H14N2O4/c1-3-16-6-5-13-10(8-14)9(7-12-13)11(15)17-4-2/h5-8H,3-4H2,1-2H3/b6-5-. The maximum absolute atomic E-state index is 11.5. The second-order valence-corrected chi connectivity index (χ2v) is 2.97. The molecule has 92 valence electrons. The number of hydrogen-bond donors (Lipinski definition) is 0. The normalized spacial score (nSPS) is 10.5. The third-order valence-corrected chi connectivity index (χ3v) is 1.91. The molecular weight excluding hydrogens is 224 g/mol. The monoisotopic (exact) mass is 238 g/mol. The summed E-state index contributed by atoms with van der Waals surface area (Å²) in [6, 6.07) is 0. The predicted molar refractivity (Wildman–Crippen MR) is 60.5 cm³/mol. The Balaban J connectivity index is 2.94. The third kappa shape index (κ3) is 3.17. The number of aldehydes is 1. The molecule has 1 aromatic heterocycles. The van der Waals surface area contributed by atoms with Crippen LogP contribution in [0.5, 0.6) is 0 Å². The van der Waals surface area contributed by atoms with Crippen molar-refractivity contribution in [2.24, 2.45) is 0 Å². The second kappa shape index (κ2) is 6.47. The molecule has 0 fully saturated rings. The number of nitrogens with zero attached hydrogens (tertiary/aromatic N) is 2. The molecule has 0 saturated carbocycles. The molecule has 0 saturated heterocycles. The Morgan fingerprint density at radius 2 is 2.24 bits per heavy atom. The van der Waals surface area contributed by atoms with Gasteiger partial charge >= 0.3 is 5.97 Å². The Morgan fingerprint density at radius 3 is 2.82 bits per heavy atom. The van der Waals surface area contributed by atoms with E-state index in [-0.39, 0.29) is 17.9 Å². The summed E-state index contributed by atoms with van der Waals surface area (Å²) in [5.74, 6) is -0.564. The predicted octanol–water partition coefficient (Wildman–Crippen LogP) is 1.34. The van der Waals surface area contributed by atoms with Crippen molar-refractivity contribution in [3.63, 3.8) is 0 Å². The lowest BCUT2D eigenvalue weighted by Crippen LogP contribution is -2.07. The molecule has 1 aromatic rings. The van der Waals surface area contributed by atoms with Crippen molar-refractivity contribution in [2.75, 3.05) is 13.2 Å². The van der Waals surface area contributed by atoms with Crippen LogP contribution >= 0.6 is 0 Å². The first-order valence-electron chi connectivity index (χ1n) is 5.22. The van der Waals surface area contributed by atoms with E-state index >= 15 is 0 Å². The molecule has 0 spiro atoms. The van der Waals surface area contributed by atoms with Crippen LogP contribution in [0.15, 0.2) is 12.5 Å². The minimum Gasteiger partial charge on any atom is -0.500 e. The van der Waals surface area contributed by atoms with E-state index in [0.717, 1.165) is 0 Å². The molecular formula is C11H14N2O4. The van der Waals surface area contributed by atoms with Crippen LogP contribution < -0.4 is 0 Å². The summed E-state index contributed by atoms with van der Waals surface area (Å²) in [6.07, 6.45) is 4.69. The highest BCUT2D eigenvalue weighted by atomic mass is 16.5. The van der Waals surface area contributed by atoms with Gasteiger partial charge in [-0.15, -0.1) is 0 Å². The molecule has 0 amide bonds. The Bertz CT molecular complexity index is 423. The lowest BCUT2D eigenvalue weighted by molar-refractivity contribution is 0.0524. The molecule has 0 atom stereocenters. The zero-order valence-corrected chi connectivity index (χ0v) is 9.75. The zero-order chi connectivity index (χ0) is 12.7. The van der Waals surface area contributed by atoms with Crippen molar-refractivity contribution in [3.05, 3.63) is 23.7 Å². The summed E-state index contributed by atoms with van der Waals surface area (Å²) < 4.78 is 11.0. The first kappa shape index (κ1) is 13.0. The van der Waals surface area contributed by atoms with Crippen LogP contribution in [-0.4, -0.2) is 35.2 Å². The summed E-state index contributed by atoms with van der Waals surface area (Å²) >= 11 is 0. The number of carbonyl (C=O) groups excluding carboxylic acids is 2. The lowest BCUT2D eigenvalue weighted by Gasteiger charge is -2.00. The number of ether oxygens (including phenoxy) is 2. The molecule has 17 heavy (non-hydrogen) atoms. The smallest absolute Gasteiger partial charge is 0.342 e. The third-order valence-electron chi connectivity index (χ3n) is 1.91. The SMILES string of the molecule is CCO/C=C\n1ncc(C(=O)OCC)c1C=O. The molecule has 0 aliphatic rings. The van der Waals surface area contributed by atoms with Crippen LogP contribution in [0.4, 0.5) is 0 Å². The molecule has 0 N–H and O–H groups in total. The highest BCUT2D eigenvalue weighted by Crippen LogP contribution is 2.08. The Labute approximate surface area is 98.8 Å². The van der Waals surface area contributed by atoms with Gasteiger partial charge in [0, 0.05) is 0 Å². The lowest BCUT2D eigenvalue weighted by atomic mass is 10.2. The van der Waals surface area contributed by atoms with Crippen LogP contribution in [0.25, 0.3) is 6.20 Å². The maximum atomic E-state index is 11.5. The number of hydrogen-bond acceptors (Lipinski definition) is 5. The molecule has 1 rings (SSSR count). The average molecular weight is 238 g/mol. The van der Waals surface area contributed by atoms with Gasteiger partial charge < -0.3 is 9.47 Å². The van der Waals surface area contributed by atoms with E-state index in [0.29, 0.717) is 12.9 Å². The number of esters is 1. The van der Waals surface area contributed by atoms with E-state index in [4.69, 9.17) is 9.47 Å². The van der Waals surface area contributed by atoms with Crippen molar-refractivity contribution >= 4 is 18.5 Å². The fraction of sp³-hybridized carbons (Fsp3) is 0.364. The molecule has 0 aliphatic heterocycles. The van der Waals surface area contributed by atoms with Crippen LogP contribution in [-0.2, 0) is 9.47 Å². The van der Waals surface area contributed by atoms with Gasteiger partial charge in [0.15, 0.2) is 6.29 Å². The summed E-state index contributed by atoms with van der Waals surface area (Å²) in [7, 11) is 0. The Kier molecular flexibility index (Phi) is 4.93. The highest BCUT2D eigenvalue weighted by Gasteiger charge is 2.16.